The fraction of sp³-hybridized carbons (Fsp3) is 0.818. The maximum atomic E-state index is 11.6. The minimum Gasteiger partial charge on any atom is -0.377 e. The Hall–Kier alpha value is -1.08. The fourth-order valence-corrected chi connectivity index (χ4v) is 1.12. The van der Waals surface area contributed by atoms with Crippen LogP contribution in [0, 0.1) is 17.2 Å². The number of ether oxygens (including phenoxy) is 1. The van der Waals surface area contributed by atoms with E-state index >= 15 is 0 Å². The zero-order chi connectivity index (χ0) is 11.8. The first-order valence-electron chi connectivity index (χ1n) is 5.29. The quantitative estimate of drug-likeness (QED) is 0.669. The van der Waals surface area contributed by atoms with E-state index in [1.54, 1.807) is 11.9 Å². The van der Waals surface area contributed by atoms with Gasteiger partial charge in [0.15, 0.2) is 0 Å². The highest BCUT2D eigenvalue weighted by molar-refractivity contribution is 5.80. The number of likely N-dealkylation sites (N-methyl/N-ethyl adjacent to an activating group) is 1. The van der Waals surface area contributed by atoms with Gasteiger partial charge in [-0.25, -0.2) is 0 Å². The van der Waals surface area contributed by atoms with E-state index in [0.29, 0.717) is 19.6 Å². The SMILES string of the molecule is CCC(C#N)C(=O)N(C)CCOC(C)C. The van der Waals surface area contributed by atoms with Crippen molar-refractivity contribution in [1.82, 2.24) is 4.90 Å². The first kappa shape index (κ1) is 13.9. The summed E-state index contributed by atoms with van der Waals surface area (Å²) in [5.41, 5.74) is 0. The van der Waals surface area contributed by atoms with Crippen LogP contribution >= 0.6 is 0 Å². The Bertz CT molecular complexity index is 233. The summed E-state index contributed by atoms with van der Waals surface area (Å²) in [4.78, 5) is 13.2. The molecule has 15 heavy (non-hydrogen) atoms. The van der Waals surface area contributed by atoms with Crippen molar-refractivity contribution in [3.05, 3.63) is 0 Å². The molecule has 0 aromatic heterocycles. The molecule has 0 fully saturated rings. The highest BCUT2D eigenvalue weighted by Gasteiger charge is 2.19. The van der Waals surface area contributed by atoms with E-state index in [1.807, 2.05) is 26.8 Å². The van der Waals surface area contributed by atoms with E-state index < -0.39 is 5.92 Å². The van der Waals surface area contributed by atoms with Gasteiger partial charge >= 0.3 is 0 Å². The summed E-state index contributed by atoms with van der Waals surface area (Å²) in [7, 11) is 1.70. The molecule has 0 spiro atoms. The van der Waals surface area contributed by atoms with Crippen LogP contribution in [0.3, 0.4) is 0 Å². The zero-order valence-corrected chi connectivity index (χ0v) is 9.99. The average molecular weight is 212 g/mol. The number of carbonyl (C=O) groups excluding carboxylic acids is 1. The van der Waals surface area contributed by atoms with E-state index in [-0.39, 0.29) is 12.0 Å². The lowest BCUT2D eigenvalue weighted by Gasteiger charge is -2.19. The van der Waals surface area contributed by atoms with Crippen molar-refractivity contribution in [3.63, 3.8) is 0 Å². The molecule has 0 aromatic carbocycles. The Morgan fingerprint density at radius 2 is 2.13 bits per heavy atom. The normalized spacial score (nSPS) is 12.3. The predicted molar refractivity (Wildman–Crippen MR) is 58.1 cm³/mol. The Labute approximate surface area is 91.8 Å². The number of nitrogens with zero attached hydrogens (tertiary/aromatic N) is 2. The molecule has 0 aromatic rings. The Morgan fingerprint density at radius 3 is 2.53 bits per heavy atom. The molecule has 86 valence electrons. The van der Waals surface area contributed by atoms with Gasteiger partial charge in [0, 0.05) is 13.6 Å². The molecule has 0 heterocycles. The Morgan fingerprint density at radius 1 is 1.53 bits per heavy atom. The molecule has 0 aliphatic carbocycles. The first-order chi connectivity index (χ1) is 7.02. The molecule has 0 aliphatic heterocycles. The van der Waals surface area contributed by atoms with Crippen LogP contribution in [0.4, 0.5) is 0 Å². The second-order valence-corrected chi connectivity index (χ2v) is 3.77. The van der Waals surface area contributed by atoms with Gasteiger partial charge in [0.05, 0.1) is 18.8 Å². The van der Waals surface area contributed by atoms with Crippen LogP contribution in [0.1, 0.15) is 27.2 Å². The topological polar surface area (TPSA) is 53.3 Å². The highest BCUT2D eigenvalue weighted by Crippen LogP contribution is 2.04. The minimum absolute atomic E-state index is 0.118. The van der Waals surface area contributed by atoms with Crippen LogP contribution in [0.15, 0.2) is 0 Å². The van der Waals surface area contributed by atoms with E-state index in [4.69, 9.17) is 10.00 Å². The predicted octanol–water partition coefficient (Wildman–Crippen LogP) is 1.42. The maximum Gasteiger partial charge on any atom is 0.239 e. The van der Waals surface area contributed by atoms with Crippen LogP contribution in [-0.4, -0.2) is 37.1 Å². The number of hydrogen-bond donors (Lipinski definition) is 0. The molecular weight excluding hydrogens is 192 g/mol. The first-order valence-corrected chi connectivity index (χ1v) is 5.29. The molecule has 0 saturated carbocycles. The van der Waals surface area contributed by atoms with Crippen molar-refractivity contribution < 1.29 is 9.53 Å². The lowest BCUT2D eigenvalue weighted by Crippen LogP contribution is -2.35. The van der Waals surface area contributed by atoms with E-state index in [2.05, 4.69) is 0 Å². The van der Waals surface area contributed by atoms with Crippen LogP contribution in [0.2, 0.25) is 0 Å². The zero-order valence-electron chi connectivity index (χ0n) is 9.99. The van der Waals surface area contributed by atoms with Gasteiger partial charge in [0.1, 0.15) is 5.92 Å². The van der Waals surface area contributed by atoms with Gasteiger partial charge < -0.3 is 9.64 Å². The van der Waals surface area contributed by atoms with E-state index in [0.717, 1.165) is 0 Å². The van der Waals surface area contributed by atoms with Gasteiger partial charge in [-0.2, -0.15) is 5.26 Å². The largest absolute Gasteiger partial charge is 0.377 e. The van der Waals surface area contributed by atoms with Crippen molar-refractivity contribution in [1.29, 1.82) is 5.26 Å². The summed E-state index contributed by atoms with van der Waals surface area (Å²) in [5.74, 6) is -0.638. The lowest BCUT2D eigenvalue weighted by atomic mass is 10.1. The van der Waals surface area contributed by atoms with Crippen molar-refractivity contribution >= 4 is 5.91 Å². The number of rotatable bonds is 6. The molecule has 1 atom stereocenters. The van der Waals surface area contributed by atoms with Gasteiger partial charge in [0.2, 0.25) is 5.91 Å². The van der Waals surface area contributed by atoms with Crippen LogP contribution in [-0.2, 0) is 9.53 Å². The molecule has 0 rings (SSSR count). The minimum atomic E-state index is -0.519. The molecule has 1 amide bonds. The van der Waals surface area contributed by atoms with Gasteiger partial charge in [-0.05, 0) is 20.3 Å². The lowest BCUT2D eigenvalue weighted by molar-refractivity contribution is -0.133. The van der Waals surface area contributed by atoms with E-state index in [1.165, 1.54) is 0 Å². The van der Waals surface area contributed by atoms with Crippen LogP contribution in [0.5, 0.6) is 0 Å². The monoisotopic (exact) mass is 212 g/mol. The van der Waals surface area contributed by atoms with Gasteiger partial charge in [0.25, 0.3) is 0 Å². The molecule has 0 saturated heterocycles. The molecule has 4 heteroatoms. The molecular formula is C11H20N2O2. The summed E-state index contributed by atoms with van der Waals surface area (Å²) >= 11 is 0. The van der Waals surface area contributed by atoms with Crippen LogP contribution < -0.4 is 0 Å². The number of hydrogen-bond acceptors (Lipinski definition) is 3. The van der Waals surface area contributed by atoms with Crippen molar-refractivity contribution in [3.8, 4) is 6.07 Å². The fourth-order valence-electron chi connectivity index (χ4n) is 1.12. The molecule has 0 aliphatic rings. The number of amides is 1. The third-order valence-corrected chi connectivity index (χ3v) is 2.12. The summed E-state index contributed by atoms with van der Waals surface area (Å²) in [6, 6.07) is 2.00. The van der Waals surface area contributed by atoms with Gasteiger partial charge in [-0.3, -0.25) is 4.79 Å². The summed E-state index contributed by atoms with van der Waals surface area (Å²) in [5, 5.41) is 8.73. The molecule has 0 radical (unpaired) electrons. The van der Waals surface area contributed by atoms with Crippen molar-refractivity contribution in [2.45, 2.75) is 33.3 Å². The van der Waals surface area contributed by atoms with Gasteiger partial charge in [-0.15, -0.1) is 0 Å². The van der Waals surface area contributed by atoms with Gasteiger partial charge in [-0.1, -0.05) is 6.92 Å². The second kappa shape index (κ2) is 7.24. The standard InChI is InChI=1S/C11H20N2O2/c1-5-10(8-12)11(14)13(4)6-7-15-9(2)3/h9-10H,5-7H2,1-4H3. The smallest absolute Gasteiger partial charge is 0.239 e. The number of carbonyl (C=O) groups is 1. The summed E-state index contributed by atoms with van der Waals surface area (Å²) in [6.45, 7) is 6.79. The molecule has 0 N–H and O–H groups in total. The Balaban J connectivity index is 3.94. The summed E-state index contributed by atoms with van der Waals surface area (Å²) in [6.07, 6.45) is 0.733. The maximum absolute atomic E-state index is 11.6. The average Bonchev–Trinajstić information content (AvgIpc) is 2.18. The number of nitriles is 1. The van der Waals surface area contributed by atoms with Crippen molar-refractivity contribution in [2.75, 3.05) is 20.2 Å². The molecule has 4 nitrogen and oxygen atoms in total. The third kappa shape index (κ3) is 5.38. The summed E-state index contributed by atoms with van der Waals surface area (Å²) < 4.78 is 5.33. The highest BCUT2D eigenvalue weighted by atomic mass is 16.5. The second-order valence-electron chi connectivity index (χ2n) is 3.77. The van der Waals surface area contributed by atoms with E-state index in [9.17, 15) is 4.79 Å². The third-order valence-electron chi connectivity index (χ3n) is 2.12. The van der Waals surface area contributed by atoms with Crippen LogP contribution in [0.25, 0.3) is 0 Å². The molecule has 1 unspecified atom stereocenters. The Kier molecular flexibility index (Phi) is 6.72. The van der Waals surface area contributed by atoms with Crippen molar-refractivity contribution in [2.24, 2.45) is 5.92 Å². The molecule has 0 bridgehead atoms.